The van der Waals surface area contributed by atoms with Crippen molar-refractivity contribution in [3.05, 3.63) is 24.3 Å². The molecule has 2 N–H and O–H groups in total. The molecule has 116 valence electrons. The summed E-state index contributed by atoms with van der Waals surface area (Å²) in [5, 5.41) is 11.2. The van der Waals surface area contributed by atoms with E-state index in [9.17, 15) is 9.59 Å². The minimum atomic E-state index is -1.03. The fraction of sp³-hybridized carbons (Fsp3) is 0.467. The Labute approximate surface area is 124 Å². The second-order valence-electron chi connectivity index (χ2n) is 4.51. The maximum Gasteiger partial charge on any atom is 0.341 e. The van der Waals surface area contributed by atoms with E-state index in [0.717, 1.165) is 19.3 Å². The average Bonchev–Trinajstić information content (AvgIpc) is 2.46. The van der Waals surface area contributed by atoms with Gasteiger partial charge in [-0.2, -0.15) is 0 Å². The van der Waals surface area contributed by atoms with Gasteiger partial charge in [-0.15, -0.1) is 0 Å². The van der Waals surface area contributed by atoms with Crippen LogP contribution in [0.5, 0.6) is 5.75 Å². The predicted molar refractivity (Wildman–Crippen MR) is 78.5 cm³/mol. The molecule has 0 radical (unpaired) electrons. The third-order valence-corrected chi connectivity index (χ3v) is 2.63. The average molecular weight is 295 g/mol. The Balaban J connectivity index is 2.27. The number of aliphatic carboxylic acids is 1. The molecule has 1 amide bonds. The first-order valence-electron chi connectivity index (χ1n) is 6.94. The Hall–Kier alpha value is -2.08. The number of unbranched alkanes of at least 4 members (excludes halogenated alkanes) is 2. The Morgan fingerprint density at radius 2 is 1.86 bits per heavy atom. The van der Waals surface area contributed by atoms with Crippen LogP contribution in [-0.4, -0.2) is 36.8 Å². The van der Waals surface area contributed by atoms with Crippen LogP contribution in [0.3, 0.4) is 0 Å². The molecule has 1 aromatic carbocycles. The molecule has 0 saturated carbocycles. The number of benzene rings is 1. The normalized spacial score (nSPS) is 10.1. The summed E-state index contributed by atoms with van der Waals surface area (Å²) in [5.41, 5.74) is 0.611. The van der Waals surface area contributed by atoms with E-state index in [2.05, 4.69) is 12.2 Å². The molecule has 0 fully saturated rings. The summed E-state index contributed by atoms with van der Waals surface area (Å²) in [5.74, 6) is -0.815. The molecule has 0 aliphatic heterocycles. The topological polar surface area (TPSA) is 84.9 Å². The summed E-state index contributed by atoms with van der Waals surface area (Å²) >= 11 is 0. The highest BCUT2D eigenvalue weighted by atomic mass is 16.5. The van der Waals surface area contributed by atoms with Gasteiger partial charge in [-0.25, -0.2) is 4.79 Å². The number of hydrogen-bond donors (Lipinski definition) is 2. The molecule has 0 spiro atoms. The predicted octanol–water partition coefficient (Wildman–Crippen LogP) is 2.30. The van der Waals surface area contributed by atoms with E-state index in [1.165, 1.54) is 0 Å². The first-order valence-corrected chi connectivity index (χ1v) is 6.94. The number of ether oxygens (including phenoxy) is 2. The lowest BCUT2D eigenvalue weighted by Gasteiger charge is -2.07. The van der Waals surface area contributed by atoms with Crippen LogP contribution in [0, 0.1) is 0 Å². The van der Waals surface area contributed by atoms with Crippen molar-refractivity contribution in [1.82, 2.24) is 0 Å². The lowest BCUT2D eigenvalue weighted by Crippen LogP contribution is -2.18. The first kappa shape index (κ1) is 17.0. The number of anilines is 1. The van der Waals surface area contributed by atoms with Crippen LogP contribution in [0.1, 0.15) is 26.2 Å². The summed E-state index contributed by atoms with van der Waals surface area (Å²) < 4.78 is 10.2. The zero-order valence-corrected chi connectivity index (χ0v) is 12.1. The van der Waals surface area contributed by atoms with Gasteiger partial charge in [-0.3, -0.25) is 4.79 Å². The van der Waals surface area contributed by atoms with Gasteiger partial charge in [0.2, 0.25) is 5.91 Å². The van der Waals surface area contributed by atoms with Crippen molar-refractivity contribution in [2.75, 3.05) is 25.1 Å². The Morgan fingerprint density at radius 1 is 1.14 bits per heavy atom. The number of carbonyl (C=O) groups excluding carboxylic acids is 1. The largest absolute Gasteiger partial charge is 0.482 e. The Kier molecular flexibility index (Phi) is 7.89. The maximum atomic E-state index is 11.6. The van der Waals surface area contributed by atoms with Gasteiger partial charge in [0.15, 0.2) is 6.61 Å². The van der Waals surface area contributed by atoms with Crippen LogP contribution in [0.4, 0.5) is 5.69 Å². The molecule has 21 heavy (non-hydrogen) atoms. The molecule has 0 aliphatic carbocycles. The zero-order chi connectivity index (χ0) is 15.5. The molecule has 0 saturated heterocycles. The molecule has 0 bridgehead atoms. The molecule has 1 rings (SSSR count). The molecule has 0 atom stereocenters. The zero-order valence-electron chi connectivity index (χ0n) is 12.1. The van der Waals surface area contributed by atoms with E-state index in [1.54, 1.807) is 24.3 Å². The van der Waals surface area contributed by atoms with E-state index in [0.29, 0.717) is 18.0 Å². The molecular weight excluding hydrogens is 274 g/mol. The molecular formula is C15H21NO5. The van der Waals surface area contributed by atoms with Crippen LogP contribution >= 0.6 is 0 Å². The van der Waals surface area contributed by atoms with Gasteiger partial charge >= 0.3 is 5.97 Å². The number of carboxylic acids is 1. The highest BCUT2D eigenvalue weighted by Gasteiger charge is 2.03. The van der Waals surface area contributed by atoms with Crippen LogP contribution in [0.2, 0.25) is 0 Å². The van der Waals surface area contributed by atoms with Crippen LogP contribution < -0.4 is 10.1 Å². The van der Waals surface area contributed by atoms with Gasteiger partial charge in [-0.05, 0) is 30.7 Å². The van der Waals surface area contributed by atoms with Crippen LogP contribution in [0.15, 0.2) is 24.3 Å². The van der Waals surface area contributed by atoms with E-state index in [1.807, 2.05) is 0 Å². The van der Waals surface area contributed by atoms with Crippen LogP contribution in [-0.2, 0) is 14.3 Å². The van der Waals surface area contributed by atoms with E-state index < -0.39 is 12.6 Å². The quantitative estimate of drug-likeness (QED) is 0.647. The summed E-state index contributed by atoms with van der Waals surface area (Å²) in [6.45, 7) is 2.33. The molecule has 6 nitrogen and oxygen atoms in total. The van der Waals surface area contributed by atoms with Crippen molar-refractivity contribution in [3.63, 3.8) is 0 Å². The first-order chi connectivity index (χ1) is 10.1. The van der Waals surface area contributed by atoms with Crippen molar-refractivity contribution in [3.8, 4) is 5.75 Å². The molecule has 0 unspecified atom stereocenters. The van der Waals surface area contributed by atoms with Gasteiger partial charge in [0.1, 0.15) is 12.4 Å². The smallest absolute Gasteiger partial charge is 0.341 e. The van der Waals surface area contributed by atoms with Gasteiger partial charge in [0, 0.05) is 12.3 Å². The molecule has 0 aliphatic rings. The molecule has 1 aromatic rings. The van der Waals surface area contributed by atoms with Crippen molar-refractivity contribution in [1.29, 1.82) is 0 Å². The Bertz CT molecular complexity index is 444. The number of rotatable bonds is 10. The van der Waals surface area contributed by atoms with Gasteiger partial charge < -0.3 is 19.9 Å². The van der Waals surface area contributed by atoms with Crippen LogP contribution in [0.25, 0.3) is 0 Å². The highest BCUT2D eigenvalue weighted by Crippen LogP contribution is 2.15. The fourth-order valence-electron chi connectivity index (χ4n) is 1.60. The van der Waals surface area contributed by atoms with E-state index in [-0.39, 0.29) is 12.5 Å². The molecule has 0 aromatic heterocycles. The van der Waals surface area contributed by atoms with Crippen molar-refractivity contribution < 1.29 is 24.2 Å². The number of amides is 1. The number of hydrogen-bond acceptors (Lipinski definition) is 4. The van der Waals surface area contributed by atoms with E-state index in [4.69, 9.17) is 14.6 Å². The van der Waals surface area contributed by atoms with Gasteiger partial charge in [0.05, 0.1) is 0 Å². The minimum Gasteiger partial charge on any atom is -0.482 e. The maximum absolute atomic E-state index is 11.6. The standard InChI is InChI=1S/C15H21NO5/c1-2-3-4-9-20-10-14(17)16-12-5-7-13(8-6-12)21-11-15(18)19/h5-8H,2-4,9-11H2,1H3,(H,16,17)(H,18,19). The summed E-state index contributed by atoms with van der Waals surface area (Å²) in [7, 11) is 0. The second kappa shape index (κ2) is 9.77. The van der Waals surface area contributed by atoms with Gasteiger partial charge in [-0.1, -0.05) is 19.8 Å². The molecule has 0 heterocycles. The minimum absolute atomic E-state index is 0.0287. The second-order valence-corrected chi connectivity index (χ2v) is 4.51. The van der Waals surface area contributed by atoms with E-state index >= 15 is 0 Å². The third-order valence-electron chi connectivity index (χ3n) is 2.63. The fourth-order valence-corrected chi connectivity index (χ4v) is 1.60. The number of carbonyl (C=O) groups is 2. The summed E-state index contributed by atoms with van der Waals surface area (Å²) in [6, 6.07) is 6.49. The number of nitrogens with one attached hydrogen (secondary N) is 1. The highest BCUT2D eigenvalue weighted by molar-refractivity contribution is 5.91. The summed E-state index contributed by atoms with van der Waals surface area (Å²) in [4.78, 5) is 22.0. The number of carboxylic acid groups (broad SMARTS) is 1. The Morgan fingerprint density at radius 3 is 2.48 bits per heavy atom. The van der Waals surface area contributed by atoms with Gasteiger partial charge in [0.25, 0.3) is 0 Å². The molecule has 6 heteroatoms. The third kappa shape index (κ3) is 7.94. The van der Waals surface area contributed by atoms with Crippen molar-refractivity contribution >= 4 is 17.6 Å². The lowest BCUT2D eigenvalue weighted by molar-refractivity contribution is -0.139. The lowest BCUT2D eigenvalue weighted by atomic mass is 10.3. The van der Waals surface area contributed by atoms with Crippen molar-refractivity contribution in [2.45, 2.75) is 26.2 Å². The summed E-state index contributed by atoms with van der Waals surface area (Å²) in [6.07, 6.45) is 3.17. The van der Waals surface area contributed by atoms with Crippen molar-refractivity contribution in [2.24, 2.45) is 0 Å². The monoisotopic (exact) mass is 295 g/mol. The SMILES string of the molecule is CCCCCOCC(=O)Nc1ccc(OCC(=O)O)cc1.